The number of hydrogen-bond acceptors (Lipinski definition) is 4. The maximum atomic E-state index is 11.7. The van der Waals surface area contributed by atoms with Crippen molar-refractivity contribution < 1.29 is 19.4 Å². The summed E-state index contributed by atoms with van der Waals surface area (Å²) in [5.41, 5.74) is 0.473. The van der Waals surface area contributed by atoms with Crippen molar-refractivity contribution >= 4 is 17.5 Å². The number of nitrogens with one attached hydrogen (secondary N) is 1. The second-order valence-electron chi connectivity index (χ2n) is 3.92. The molecule has 1 unspecified atom stereocenters. The summed E-state index contributed by atoms with van der Waals surface area (Å²) < 4.78 is 10.3. The summed E-state index contributed by atoms with van der Waals surface area (Å²) in [4.78, 5) is 11.7. The first-order valence-electron chi connectivity index (χ1n) is 5.91. The van der Waals surface area contributed by atoms with Gasteiger partial charge >= 0.3 is 0 Å². The van der Waals surface area contributed by atoms with Gasteiger partial charge < -0.3 is 19.9 Å². The van der Waals surface area contributed by atoms with Gasteiger partial charge in [-0.1, -0.05) is 17.7 Å². The zero-order chi connectivity index (χ0) is 14.3. The minimum Gasteiger partial charge on any atom is -0.480 e. The average Bonchev–Trinajstić information content (AvgIpc) is 2.39. The average molecular weight is 288 g/mol. The predicted molar refractivity (Wildman–Crippen MR) is 72.4 cm³/mol. The van der Waals surface area contributed by atoms with Crippen LogP contribution in [0.1, 0.15) is 12.5 Å². The van der Waals surface area contributed by atoms with Crippen LogP contribution in [0.4, 0.5) is 0 Å². The van der Waals surface area contributed by atoms with E-state index in [0.29, 0.717) is 29.5 Å². The number of benzene rings is 1. The van der Waals surface area contributed by atoms with Crippen LogP contribution in [-0.2, 0) is 16.1 Å². The number of aliphatic hydroxyl groups excluding tert-OH is 1. The lowest BCUT2D eigenvalue weighted by atomic mass is 10.2. The Morgan fingerprint density at radius 3 is 2.89 bits per heavy atom. The van der Waals surface area contributed by atoms with Gasteiger partial charge in [0.05, 0.1) is 13.2 Å². The molecular weight excluding hydrogens is 270 g/mol. The first-order valence-corrected chi connectivity index (χ1v) is 6.29. The van der Waals surface area contributed by atoms with E-state index >= 15 is 0 Å². The van der Waals surface area contributed by atoms with Gasteiger partial charge in [0.25, 0.3) is 5.91 Å². The molecule has 0 spiro atoms. The molecule has 0 heterocycles. The van der Waals surface area contributed by atoms with Gasteiger partial charge in [0, 0.05) is 24.2 Å². The molecule has 1 aromatic carbocycles. The number of rotatable bonds is 7. The van der Waals surface area contributed by atoms with E-state index < -0.39 is 6.10 Å². The fourth-order valence-electron chi connectivity index (χ4n) is 1.47. The molecule has 0 bridgehead atoms. The normalized spacial score (nSPS) is 12.0. The molecule has 0 aliphatic heterocycles. The molecule has 106 valence electrons. The molecule has 1 aromatic rings. The molecular formula is C13H18ClNO4. The number of methoxy groups -OCH3 is 1. The number of amides is 1. The third kappa shape index (κ3) is 4.70. The maximum absolute atomic E-state index is 11.7. The number of aliphatic hydroxyl groups is 1. The van der Waals surface area contributed by atoms with E-state index in [0.717, 1.165) is 0 Å². The van der Waals surface area contributed by atoms with Crippen LogP contribution < -0.4 is 10.1 Å². The lowest BCUT2D eigenvalue weighted by Crippen LogP contribution is -2.38. The highest BCUT2D eigenvalue weighted by Crippen LogP contribution is 2.27. The summed E-state index contributed by atoms with van der Waals surface area (Å²) in [5.74, 6) is 0.158. The Labute approximate surface area is 117 Å². The van der Waals surface area contributed by atoms with Crippen molar-refractivity contribution in [1.29, 1.82) is 0 Å². The van der Waals surface area contributed by atoms with Gasteiger partial charge in [-0.15, -0.1) is 0 Å². The van der Waals surface area contributed by atoms with Crippen LogP contribution in [0.5, 0.6) is 5.75 Å². The van der Waals surface area contributed by atoms with E-state index in [1.54, 1.807) is 32.2 Å². The number of halogens is 1. The number of carbonyl (C=O) groups is 1. The Bertz CT molecular complexity index is 425. The highest BCUT2D eigenvalue weighted by molar-refractivity contribution is 6.31. The summed E-state index contributed by atoms with van der Waals surface area (Å²) in [6.45, 7) is 2.25. The fourth-order valence-corrected chi connectivity index (χ4v) is 1.69. The van der Waals surface area contributed by atoms with Gasteiger partial charge in [-0.2, -0.15) is 0 Å². The summed E-state index contributed by atoms with van der Waals surface area (Å²) in [6.07, 6.45) is -0.680. The van der Waals surface area contributed by atoms with Gasteiger partial charge in [-0.3, -0.25) is 4.79 Å². The zero-order valence-electron chi connectivity index (χ0n) is 11.0. The van der Waals surface area contributed by atoms with Crippen molar-refractivity contribution in [2.45, 2.75) is 19.6 Å². The molecule has 2 N–H and O–H groups in total. The monoisotopic (exact) mass is 287 g/mol. The Balaban J connectivity index is 2.63. The largest absolute Gasteiger partial charge is 0.480 e. The molecule has 19 heavy (non-hydrogen) atoms. The van der Waals surface area contributed by atoms with Gasteiger partial charge in [-0.05, 0) is 19.1 Å². The van der Waals surface area contributed by atoms with Crippen molar-refractivity contribution in [2.24, 2.45) is 0 Å². The Kier molecular flexibility index (Phi) is 6.62. The van der Waals surface area contributed by atoms with Crippen LogP contribution in [-0.4, -0.2) is 37.4 Å². The number of hydrogen-bond donors (Lipinski definition) is 2. The smallest absolute Gasteiger partial charge is 0.260 e. The summed E-state index contributed by atoms with van der Waals surface area (Å²) in [6, 6.07) is 5.02. The van der Waals surface area contributed by atoms with Gasteiger partial charge in [0.15, 0.2) is 6.10 Å². The minimum absolute atomic E-state index is 0.243. The maximum Gasteiger partial charge on any atom is 0.260 e. The van der Waals surface area contributed by atoms with Crippen molar-refractivity contribution in [3.05, 3.63) is 28.8 Å². The number of carbonyl (C=O) groups excluding carboxylic acids is 1. The molecule has 0 fully saturated rings. The second kappa shape index (κ2) is 7.99. The standard InChI is InChI=1S/C13H18ClNO4/c1-9(13(17)15-6-7-18-2)19-12-5-3-4-11(14)10(12)8-16/h3-5,9,16H,6-8H2,1-2H3,(H,15,17). The molecule has 5 nitrogen and oxygen atoms in total. The Morgan fingerprint density at radius 1 is 1.53 bits per heavy atom. The molecule has 0 aliphatic carbocycles. The van der Waals surface area contributed by atoms with Crippen molar-refractivity contribution in [3.8, 4) is 5.75 Å². The third-order valence-corrected chi connectivity index (χ3v) is 2.87. The Hall–Kier alpha value is -1.30. The van der Waals surface area contributed by atoms with E-state index in [1.807, 2.05) is 0 Å². The van der Waals surface area contributed by atoms with E-state index in [1.165, 1.54) is 0 Å². The summed E-state index contributed by atoms with van der Waals surface area (Å²) >= 11 is 5.94. The first kappa shape index (κ1) is 15.8. The molecule has 0 aliphatic rings. The van der Waals surface area contributed by atoms with Crippen molar-refractivity contribution in [2.75, 3.05) is 20.3 Å². The van der Waals surface area contributed by atoms with Crippen LogP contribution in [0, 0.1) is 0 Å². The van der Waals surface area contributed by atoms with Crippen LogP contribution in [0.3, 0.4) is 0 Å². The van der Waals surface area contributed by atoms with Crippen LogP contribution in [0.2, 0.25) is 5.02 Å². The van der Waals surface area contributed by atoms with Crippen LogP contribution in [0.25, 0.3) is 0 Å². The van der Waals surface area contributed by atoms with E-state index in [-0.39, 0.29) is 12.5 Å². The quantitative estimate of drug-likeness (QED) is 0.743. The molecule has 6 heteroatoms. The second-order valence-corrected chi connectivity index (χ2v) is 4.33. The van der Waals surface area contributed by atoms with Gasteiger partial charge in [0.2, 0.25) is 0 Å². The summed E-state index contributed by atoms with van der Waals surface area (Å²) in [7, 11) is 1.56. The fraction of sp³-hybridized carbons (Fsp3) is 0.462. The van der Waals surface area contributed by atoms with Crippen molar-refractivity contribution in [3.63, 3.8) is 0 Å². The van der Waals surface area contributed by atoms with Crippen LogP contribution in [0.15, 0.2) is 18.2 Å². The van der Waals surface area contributed by atoms with Crippen LogP contribution >= 0.6 is 11.6 Å². The molecule has 0 saturated carbocycles. The molecule has 0 aromatic heterocycles. The van der Waals surface area contributed by atoms with Gasteiger partial charge in [0.1, 0.15) is 5.75 Å². The highest BCUT2D eigenvalue weighted by Gasteiger charge is 2.16. The molecule has 1 amide bonds. The highest BCUT2D eigenvalue weighted by atomic mass is 35.5. The molecule has 1 rings (SSSR count). The van der Waals surface area contributed by atoms with E-state index in [9.17, 15) is 9.90 Å². The number of ether oxygens (including phenoxy) is 2. The Morgan fingerprint density at radius 2 is 2.26 bits per heavy atom. The molecule has 1 atom stereocenters. The molecule has 0 radical (unpaired) electrons. The SMILES string of the molecule is COCCNC(=O)C(C)Oc1cccc(Cl)c1CO. The van der Waals surface area contributed by atoms with Gasteiger partial charge in [-0.25, -0.2) is 0 Å². The topological polar surface area (TPSA) is 67.8 Å². The minimum atomic E-state index is -0.680. The zero-order valence-corrected chi connectivity index (χ0v) is 11.7. The molecule has 0 saturated heterocycles. The van der Waals surface area contributed by atoms with Crippen molar-refractivity contribution in [1.82, 2.24) is 5.32 Å². The predicted octanol–water partition coefficient (Wildman–Crippen LogP) is 1.36. The van der Waals surface area contributed by atoms with E-state index in [2.05, 4.69) is 5.32 Å². The van der Waals surface area contributed by atoms with E-state index in [4.69, 9.17) is 21.1 Å². The third-order valence-electron chi connectivity index (χ3n) is 2.51. The first-order chi connectivity index (χ1) is 9.10. The lowest BCUT2D eigenvalue weighted by Gasteiger charge is -2.17. The lowest BCUT2D eigenvalue weighted by molar-refractivity contribution is -0.127. The summed E-state index contributed by atoms with van der Waals surface area (Å²) in [5, 5.41) is 12.3.